The fourth-order valence-electron chi connectivity index (χ4n) is 3.69. The predicted octanol–water partition coefficient (Wildman–Crippen LogP) is 5.02. The second kappa shape index (κ2) is 6.80. The van der Waals surface area contributed by atoms with Crippen molar-refractivity contribution >= 4 is 11.3 Å². The van der Waals surface area contributed by atoms with E-state index in [9.17, 15) is 0 Å². The normalized spacial score (nSPS) is 27.0. The molecule has 2 rings (SSSR count). The van der Waals surface area contributed by atoms with Gasteiger partial charge < -0.3 is 10.1 Å². The second-order valence-corrected chi connectivity index (χ2v) is 8.47. The molecule has 0 radical (unpaired) electrons. The molecule has 0 bridgehead atoms. The number of hydrogen-bond donors (Lipinski definition) is 1. The Morgan fingerprint density at radius 1 is 1.33 bits per heavy atom. The number of nitrogens with one attached hydrogen (secondary N) is 1. The maximum atomic E-state index is 5.94. The van der Waals surface area contributed by atoms with Crippen molar-refractivity contribution in [2.45, 2.75) is 65.5 Å². The average molecular weight is 310 g/mol. The van der Waals surface area contributed by atoms with Crippen LogP contribution in [-0.2, 0) is 4.74 Å². The molecule has 0 aliphatic carbocycles. The van der Waals surface area contributed by atoms with E-state index in [1.54, 1.807) is 0 Å². The summed E-state index contributed by atoms with van der Waals surface area (Å²) in [5, 5.41) is 5.87. The van der Waals surface area contributed by atoms with Crippen LogP contribution in [0.4, 0.5) is 0 Å². The van der Waals surface area contributed by atoms with Crippen molar-refractivity contribution < 1.29 is 4.74 Å². The van der Waals surface area contributed by atoms with Gasteiger partial charge in [-0.15, -0.1) is 11.3 Å². The zero-order valence-corrected chi connectivity index (χ0v) is 15.1. The summed E-state index contributed by atoms with van der Waals surface area (Å²) in [5.41, 5.74) is 0.450. The molecule has 1 saturated heterocycles. The van der Waals surface area contributed by atoms with E-state index in [1.165, 1.54) is 24.1 Å². The molecule has 2 atom stereocenters. The van der Waals surface area contributed by atoms with Gasteiger partial charge in [0.05, 0.1) is 5.60 Å². The van der Waals surface area contributed by atoms with Crippen LogP contribution in [0.1, 0.15) is 64.8 Å². The summed E-state index contributed by atoms with van der Waals surface area (Å²) in [4.78, 5) is 1.43. The third kappa shape index (κ3) is 4.30. The molecular weight excluding hydrogens is 278 g/mol. The lowest BCUT2D eigenvalue weighted by Crippen LogP contribution is -2.45. The Morgan fingerprint density at radius 2 is 2.10 bits per heavy atom. The van der Waals surface area contributed by atoms with Crippen LogP contribution in [0, 0.1) is 11.3 Å². The van der Waals surface area contributed by atoms with E-state index in [2.05, 4.69) is 57.4 Å². The van der Waals surface area contributed by atoms with Crippen LogP contribution in [0.3, 0.4) is 0 Å². The zero-order chi connectivity index (χ0) is 15.5. The molecular formula is C18H31NOS. The molecule has 0 unspecified atom stereocenters. The monoisotopic (exact) mass is 309 g/mol. The molecule has 1 aliphatic rings. The minimum Gasteiger partial charge on any atom is -0.376 e. The fraction of sp³-hybridized carbons (Fsp3) is 0.778. The van der Waals surface area contributed by atoms with Gasteiger partial charge in [-0.2, -0.15) is 0 Å². The molecule has 1 aromatic heterocycles. The Balaban J connectivity index is 1.91. The molecule has 1 aliphatic heterocycles. The van der Waals surface area contributed by atoms with Crippen LogP contribution in [0.25, 0.3) is 0 Å². The van der Waals surface area contributed by atoms with Crippen molar-refractivity contribution in [3.8, 4) is 0 Å². The lowest BCUT2D eigenvalue weighted by molar-refractivity contribution is -0.121. The average Bonchev–Trinajstić information content (AvgIpc) is 2.91. The molecule has 0 aromatic carbocycles. The number of ether oxygens (including phenoxy) is 1. The number of thiophene rings is 1. The van der Waals surface area contributed by atoms with Crippen molar-refractivity contribution in [3.05, 3.63) is 22.4 Å². The van der Waals surface area contributed by atoms with E-state index in [-0.39, 0.29) is 5.60 Å². The molecule has 1 N–H and O–H groups in total. The molecule has 0 saturated carbocycles. The van der Waals surface area contributed by atoms with Crippen LogP contribution in [0.15, 0.2) is 17.5 Å². The van der Waals surface area contributed by atoms with Crippen LogP contribution in [-0.4, -0.2) is 18.8 Å². The van der Waals surface area contributed by atoms with Crippen LogP contribution >= 0.6 is 11.3 Å². The van der Waals surface area contributed by atoms with Crippen LogP contribution < -0.4 is 5.32 Å². The molecule has 3 heteroatoms. The van der Waals surface area contributed by atoms with E-state index in [4.69, 9.17) is 4.74 Å². The summed E-state index contributed by atoms with van der Waals surface area (Å²) in [6.45, 7) is 13.5. The Hall–Kier alpha value is -0.380. The highest BCUT2D eigenvalue weighted by atomic mass is 32.1. The first-order valence-corrected chi connectivity index (χ1v) is 9.13. The summed E-state index contributed by atoms with van der Waals surface area (Å²) in [7, 11) is 0. The highest BCUT2D eigenvalue weighted by Gasteiger charge is 2.42. The standard InChI is InChI=1S/C18H31NOS/c1-14(2)18(9-11-20-17(4,5)13-18)8-10-19-15(3)16-7-6-12-21-16/h6-7,12,14-15,19H,8-11,13H2,1-5H3/t15-,18-/m1/s1. The highest BCUT2D eigenvalue weighted by molar-refractivity contribution is 7.10. The molecule has 0 amide bonds. The van der Waals surface area contributed by atoms with Crippen molar-refractivity contribution in [2.24, 2.45) is 11.3 Å². The first kappa shape index (κ1) is 17.0. The minimum absolute atomic E-state index is 0.0297. The van der Waals surface area contributed by atoms with Gasteiger partial charge in [-0.25, -0.2) is 0 Å². The van der Waals surface area contributed by atoms with Gasteiger partial charge in [-0.1, -0.05) is 19.9 Å². The Bertz CT molecular complexity index is 426. The quantitative estimate of drug-likeness (QED) is 0.796. The third-order valence-electron chi connectivity index (χ3n) is 5.14. The van der Waals surface area contributed by atoms with Gasteiger partial charge in [-0.3, -0.25) is 0 Å². The van der Waals surface area contributed by atoms with E-state index >= 15 is 0 Å². The first-order chi connectivity index (χ1) is 9.85. The van der Waals surface area contributed by atoms with Gasteiger partial charge in [0.2, 0.25) is 0 Å². The van der Waals surface area contributed by atoms with E-state index < -0.39 is 0 Å². The fourth-order valence-corrected chi connectivity index (χ4v) is 4.45. The lowest BCUT2D eigenvalue weighted by Gasteiger charge is -2.48. The zero-order valence-electron chi connectivity index (χ0n) is 14.2. The minimum atomic E-state index is 0.0297. The lowest BCUT2D eigenvalue weighted by atomic mass is 9.65. The van der Waals surface area contributed by atoms with E-state index in [0.717, 1.165) is 13.2 Å². The van der Waals surface area contributed by atoms with E-state index in [0.29, 0.717) is 17.4 Å². The Labute approximate surface area is 134 Å². The van der Waals surface area contributed by atoms with Crippen molar-refractivity contribution in [1.29, 1.82) is 0 Å². The topological polar surface area (TPSA) is 21.3 Å². The largest absolute Gasteiger partial charge is 0.376 e. The molecule has 1 aromatic rings. The second-order valence-electron chi connectivity index (χ2n) is 7.49. The van der Waals surface area contributed by atoms with Gasteiger partial charge in [-0.05, 0) is 69.4 Å². The van der Waals surface area contributed by atoms with Crippen molar-refractivity contribution in [1.82, 2.24) is 5.32 Å². The number of rotatable bonds is 6. The van der Waals surface area contributed by atoms with Crippen LogP contribution in [0.2, 0.25) is 0 Å². The van der Waals surface area contributed by atoms with Crippen molar-refractivity contribution in [3.63, 3.8) is 0 Å². The Kier molecular flexibility index (Phi) is 5.50. The smallest absolute Gasteiger partial charge is 0.0631 e. The summed E-state index contributed by atoms with van der Waals surface area (Å²) in [6, 6.07) is 4.81. The predicted molar refractivity (Wildman–Crippen MR) is 91.9 cm³/mol. The molecule has 1 fully saturated rings. The molecule has 21 heavy (non-hydrogen) atoms. The van der Waals surface area contributed by atoms with Gasteiger partial charge in [0.1, 0.15) is 0 Å². The summed E-state index contributed by atoms with van der Waals surface area (Å²) >= 11 is 1.84. The molecule has 2 heterocycles. The maximum absolute atomic E-state index is 5.94. The van der Waals surface area contributed by atoms with Gasteiger partial charge in [0.15, 0.2) is 0 Å². The van der Waals surface area contributed by atoms with Gasteiger partial charge in [0, 0.05) is 17.5 Å². The van der Waals surface area contributed by atoms with E-state index in [1.807, 2.05) is 11.3 Å². The first-order valence-electron chi connectivity index (χ1n) is 8.25. The SMILES string of the molecule is CC(C)[C@]1(CCN[C@H](C)c2cccs2)CCOC(C)(C)C1. The molecule has 120 valence electrons. The molecule has 2 nitrogen and oxygen atoms in total. The van der Waals surface area contributed by atoms with Crippen LogP contribution in [0.5, 0.6) is 0 Å². The summed E-state index contributed by atoms with van der Waals surface area (Å²) in [6.07, 6.45) is 3.61. The van der Waals surface area contributed by atoms with Gasteiger partial charge >= 0.3 is 0 Å². The number of hydrogen-bond acceptors (Lipinski definition) is 3. The third-order valence-corrected chi connectivity index (χ3v) is 6.19. The maximum Gasteiger partial charge on any atom is 0.0631 e. The van der Waals surface area contributed by atoms with Gasteiger partial charge in [0.25, 0.3) is 0 Å². The summed E-state index contributed by atoms with van der Waals surface area (Å²) < 4.78 is 5.94. The van der Waals surface area contributed by atoms with Crippen molar-refractivity contribution in [2.75, 3.05) is 13.2 Å². The Morgan fingerprint density at radius 3 is 2.67 bits per heavy atom. The highest BCUT2D eigenvalue weighted by Crippen LogP contribution is 2.46. The summed E-state index contributed by atoms with van der Waals surface area (Å²) in [5.74, 6) is 0.708. The molecule has 0 spiro atoms.